The molecule has 0 aliphatic carbocycles. The van der Waals surface area contributed by atoms with Crippen LogP contribution in [-0.2, 0) is 16.0 Å². The Morgan fingerprint density at radius 1 is 1.21 bits per heavy atom. The summed E-state index contributed by atoms with van der Waals surface area (Å²) in [5, 5.41) is 8.34. The summed E-state index contributed by atoms with van der Waals surface area (Å²) in [5.41, 5.74) is 7.12. The summed E-state index contributed by atoms with van der Waals surface area (Å²) in [7, 11) is 0. The molecule has 8 nitrogen and oxygen atoms in total. The maximum absolute atomic E-state index is 6.03. The first-order valence-corrected chi connectivity index (χ1v) is 10.1. The van der Waals surface area contributed by atoms with Crippen LogP contribution in [0.5, 0.6) is 11.8 Å². The average molecular weight is 387 g/mol. The van der Waals surface area contributed by atoms with Gasteiger partial charge in [0.1, 0.15) is 5.75 Å². The van der Waals surface area contributed by atoms with Gasteiger partial charge in [-0.15, -0.1) is 5.10 Å². The molecule has 28 heavy (non-hydrogen) atoms. The molecular formula is C20H29N5O3. The largest absolute Gasteiger partial charge is 0.424 e. The van der Waals surface area contributed by atoms with Gasteiger partial charge in [0, 0.05) is 37.3 Å². The van der Waals surface area contributed by atoms with Gasteiger partial charge in [0.2, 0.25) is 0 Å². The molecule has 1 aromatic carbocycles. The molecule has 4 rings (SSSR count). The minimum atomic E-state index is -0.190. The number of nitrogens with two attached hydrogens (primary N) is 1. The Bertz CT molecular complexity index is 780. The molecule has 0 spiro atoms. The molecule has 1 atom stereocenters. The smallest absolute Gasteiger partial charge is 0.322 e. The first-order valence-electron chi connectivity index (χ1n) is 10.1. The summed E-state index contributed by atoms with van der Waals surface area (Å²) in [6, 6.07) is 8.42. The summed E-state index contributed by atoms with van der Waals surface area (Å²) in [6.07, 6.45) is 2.12. The third-order valence-electron chi connectivity index (χ3n) is 5.43. The Balaban J connectivity index is 1.42. The van der Waals surface area contributed by atoms with Crippen molar-refractivity contribution in [3.63, 3.8) is 0 Å². The normalized spacial score (nSPS) is 19.9. The molecule has 0 radical (unpaired) electrons. The molecule has 0 saturated carbocycles. The molecule has 0 unspecified atom stereocenters. The van der Waals surface area contributed by atoms with Crippen LogP contribution < -0.4 is 15.4 Å². The van der Waals surface area contributed by atoms with Crippen LogP contribution in [0.25, 0.3) is 0 Å². The maximum Gasteiger partial charge on any atom is 0.322 e. The fourth-order valence-corrected chi connectivity index (χ4v) is 3.94. The first kappa shape index (κ1) is 19.2. The molecular weight excluding hydrogens is 358 g/mol. The monoisotopic (exact) mass is 387 g/mol. The minimum Gasteiger partial charge on any atom is -0.424 e. The number of benzene rings is 1. The van der Waals surface area contributed by atoms with Crippen molar-refractivity contribution in [1.29, 1.82) is 0 Å². The first-order chi connectivity index (χ1) is 13.7. The number of rotatable bonds is 6. The molecule has 1 aromatic heterocycles. The van der Waals surface area contributed by atoms with Crippen LogP contribution in [0.1, 0.15) is 38.6 Å². The van der Waals surface area contributed by atoms with E-state index in [2.05, 4.69) is 27.2 Å². The van der Waals surface area contributed by atoms with Crippen molar-refractivity contribution < 1.29 is 14.2 Å². The standard InChI is InChI=1S/C20H29N5O3/c1-3-25-18(14(2)21)22-23-20(25)28-17-6-4-5-16(13-17)24-9-7-15(8-10-24)19-26-11-12-27-19/h4-6,13-15,19H,3,7-12,21H2,1-2H3/t14-/m1/s1. The van der Waals surface area contributed by atoms with Gasteiger partial charge in [0.15, 0.2) is 12.1 Å². The van der Waals surface area contributed by atoms with Gasteiger partial charge in [-0.2, -0.15) is 0 Å². The Morgan fingerprint density at radius 3 is 2.64 bits per heavy atom. The zero-order chi connectivity index (χ0) is 19.5. The number of anilines is 1. The highest BCUT2D eigenvalue weighted by atomic mass is 16.7. The third kappa shape index (κ3) is 3.99. The van der Waals surface area contributed by atoms with Gasteiger partial charge in [0.05, 0.1) is 19.3 Å². The van der Waals surface area contributed by atoms with E-state index >= 15 is 0 Å². The van der Waals surface area contributed by atoms with Gasteiger partial charge in [-0.05, 0) is 38.8 Å². The third-order valence-corrected chi connectivity index (χ3v) is 5.43. The number of piperidine rings is 1. The van der Waals surface area contributed by atoms with Gasteiger partial charge in [-0.25, -0.2) is 0 Å². The lowest BCUT2D eigenvalue weighted by molar-refractivity contribution is -0.0889. The van der Waals surface area contributed by atoms with Crippen LogP contribution in [0, 0.1) is 5.92 Å². The van der Waals surface area contributed by atoms with E-state index in [9.17, 15) is 0 Å². The van der Waals surface area contributed by atoms with Crippen molar-refractivity contribution in [2.75, 3.05) is 31.2 Å². The molecule has 2 fully saturated rings. The van der Waals surface area contributed by atoms with Gasteiger partial charge in [-0.3, -0.25) is 4.57 Å². The van der Waals surface area contributed by atoms with Gasteiger partial charge >= 0.3 is 6.01 Å². The molecule has 3 heterocycles. The van der Waals surface area contributed by atoms with E-state index < -0.39 is 0 Å². The number of ether oxygens (including phenoxy) is 3. The highest BCUT2D eigenvalue weighted by Gasteiger charge is 2.30. The van der Waals surface area contributed by atoms with Crippen LogP contribution in [-0.4, -0.2) is 47.4 Å². The SMILES string of the molecule is CCn1c(Oc2cccc(N3CCC(C4OCCO4)CC3)c2)nnc1[C@@H](C)N. The van der Waals surface area contributed by atoms with E-state index in [1.165, 1.54) is 0 Å². The fourth-order valence-electron chi connectivity index (χ4n) is 3.94. The molecule has 2 N–H and O–H groups in total. The van der Waals surface area contributed by atoms with E-state index in [4.69, 9.17) is 19.9 Å². The Morgan fingerprint density at radius 2 is 1.96 bits per heavy atom. The van der Waals surface area contributed by atoms with Crippen LogP contribution in [0.15, 0.2) is 24.3 Å². The molecule has 2 aromatic rings. The van der Waals surface area contributed by atoms with Crippen molar-refractivity contribution >= 4 is 5.69 Å². The highest BCUT2D eigenvalue weighted by molar-refractivity contribution is 5.51. The summed E-state index contributed by atoms with van der Waals surface area (Å²) in [6.45, 7) is 8.03. The minimum absolute atomic E-state index is 0.0173. The van der Waals surface area contributed by atoms with E-state index in [0.29, 0.717) is 18.5 Å². The number of nitrogens with zero attached hydrogens (tertiary/aromatic N) is 4. The highest BCUT2D eigenvalue weighted by Crippen LogP contribution is 2.31. The summed E-state index contributed by atoms with van der Waals surface area (Å²) in [4.78, 5) is 2.39. The van der Waals surface area contributed by atoms with Crippen LogP contribution in [0.3, 0.4) is 0 Å². The lowest BCUT2D eigenvalue weighted by Gasteiger charge is -2.35. The fraction of sp³-hybridized carbons (Fsp3) is 0.600. The zero-order valence-electron chi connectivity index (χ0n) is 16.6. The predicted molar refractivity (Wildman–Crippen MR) is 105 cm³/mol. The lowest BCUT2D eigenvalue weighted by Crippen LogP contribution is -2.38. The number of hydrogen-bond acceptors (Lipinski definition) is 7. The second kappa shape index (κ2) is 8.46. The molecule has 0 bridgehead atoms. The zero-order valence-corrected chi connectivity index (χ0v) is 16.6. The van der Waals surface area contributed by atoms with Crippen LogP contribution in [0.2, 0.25) is 0 Å². The van der Waals surface area contributed by atoms with E-state index in [1.54, 1.807) is 0 Å². The quantitative estimate of drug-likeness (QED) is 0.815. The van der Waals surface area contributed by atoms with Gasteiger partial charge < -0.3 is 24.8 Å². The Hall–Kier alpha value is -2.16. The van der Waals surface area contributed by atoms with Crippen molar-refractivity contribution in [2.45, 2.75) is 45.6 Å². The topological polar surface area (TPSA) is 87.7 Å². The molecule has 2 aliphatic rings. The summed E-state index contributed by atoms with van der Waals surface area (Å²) in [5.74, 6) is 1.96. The van der Waals surface area contributed by atoms with E-state index in [0.717, 1.165) is 56.4 Å². The molecule has 0 amide bonds. The summed E-state index contributed by atoms with van der Waals surface area (Å²) >= 11 is 0. The molecule has 152 valence electrons. The van der Waals surface area contributed by atoms with Crippen molar-refractivity contribution in [3.8, 4) is 11.8 Å². The number of hydrogen-bond donors (Lipinski definition) is 1. The molecule has 2 saturated heterocycles. The predicted octanol–water partition coefficient (Wildman–Crippen LogP) is 2.70. The van der Waals surface area contributed by atoms with Gasteiger partial charge in [-0.1, -0.05) is 11.2 Å². The Kier molecular flexibility index (Phi) is 5.79. The maximum atomic E-state index is 6.03. The Labute approximate surface area is 165 Å². The molecule has 8 heteroatoms. The van der Waals surface area contributed by atoms with Crippen molar-refractivity contribution in [2.24, 2.45) is 11.7 Å². The van der Waals surface area contributed by atoms with Gasteiger partial charge in [0.25, 0.3) is 0 Å². The number of aromatic nitrogens is 3. The second-order valence-corrected chi connectivity index (χ2v) is 7.41. The second-order valence-electron chi connectivity index (χ2n) is 7.41. The molecule has 2 aliphatic heterocycles. The van der Waals surface area contributed by atoms with E-state index in [1.807, 2.05) is 30.5 Å². The van der Waals surface area contributed by atoms with Crippen molar-refractivity contribution in [3.05, 3.63) is 30.1 Å². The van der Waals surface area contributed by atoms with E-state index in [-0.39, 0.29) is 12.3 Å². The average Bonchev–Trinajstić information content (AvgIpc) is 3.38. The van der Waals surface area contributed by atoms with Crippen LogP contribution >= 0.6 is 0 Å². The summed E-state index contributed by atoms with van der Waals surface area (Å²) < 4.78 is 19.3. The van der Waals surface area contributed by atoms with Crippen molar-refractivity contribution in [1.82, 2.24) is 14.8 Å². The van der Waals surface area contributed by atoms with Crippen LogP contribution in [0.4, 0.5) is 5.69 Å². The lowest BCUT2D eigenvalue weighted by atomic mass is 9.96.